The van der Waals surface area contributed by atoms with E-state index in [0.29, 0.717) is 0 Å². The summed E-state index contributed by atoms with van der Waals surface area (Å²) in [5.41, 5.74) is 0. The first kappa shape index (κ1) is 8.36. The Labute approximate surface area is 62.1 Å². The molecule has 0 fully saturated rings. The summed E-state index contributed by atoms with van der Waals surface area (Å²) in [6.45, 7) is -0.188. The second-order valence-corrected chi connectivity index (χ2v) is 2.38. The first-order chi connectivity index (χ1) is 5.04. The Morgan fingerprint density at radius 2 is 2.18 bits per heavy atom. The van der Waals surface area contributed by atoms with Crippen LogP contribution in [0.25, 0.3) is 0 Å². The van der Waals surface area contributed by atoms with Crippen molar-refractivity contribution >= 4 is 5.90 Å². The molecule has 1 rings (SSSR count). The summed E-state index contributed by atoms with van der Waals surface area (Å²) in [5.74, 6) is -1.13. The van der Waals surface area contributed by atoms with Gasteiger partial charge in [-0.15, -0.1) is 0 Å². The van der Waals surface area contributed by atoms with E-state index >= 15 is 0 Å². The summed E-state index contributed by atoms with van der Waals surface area (Å²) >= 11 is 0. The van der Waals surface area contributed by atoms with Crippen LogP contribution in [-0.2, 0) is 4.74 Å². The summed E-state index contributed by atoms with van der Waals surface area (Å²) in [4.78, 5) is 3.58. The standard InChI is InChI=1S/C6H8F3NO/c1-11-5-2-4(3-10-5)6(7,8)9/h4H,2-3H2,1H3. The van der Waals surface area contributed by atoms with Crippen LogP contribution in [0.3, 0.4) is 0 Å². The molecule has 1 aliphatic heterocycles. The molecule has 0 saturated heterocycles. The molecule has 0 aromatic rings. The molecule has 0 saturated carbocycles. The normalized spacial score (nSPS) is 25.1. The van der Waals surface area contributed by atoms with E-state index in [2.05, 4.69) is 9.73 Å². The van der Waals surface area contributed by atoms with Crippen molar-refractivity contribution in [2.75, 3.05) is 13.7 Å². The average molecular weight is 167 g/mol. The number of nitrogens with zero attached hydrogens (tertiary/aromatic N) is 1. The van der Waals surface area contributed by atoms with Crippen molar-refractivity contribution in [1.82, 2.24) is 0 Å². The average Bonchev–Trinajstić information content (AvgIpc) is 2.32. The maximum atomic E-state index is 11.9. The van der Waals surface area contributed by atoms with Crippen LogP contribution in [0.15, 0.2) is 4.99 Å². The van der Waals surface area contributed by atoms with E-state index in [9.17, 15) is 13.2 Å². The summed E-state index contributed by atoms with van der Waals surface area (Å²) in [5, 5.41) is 0. The molecular formula is C6H8F3NO. The Bertz CT molecular complexity index is 175. The zero-order valence-electron chi connectivity index (χ0n) is 5.98. The van der Waals surface area contributed by atoms with Crippen LogP contribution in [0, 0.1) is 5.92 Å². The molecule has 0 aromatic carbocycles. The van der Waals surface area contributed by atoms with E-state index in [1.54, 1.807) is 0 Å². The molecule has 1 aliphatic rings. The zero-order chi connectivity index (χ0) is 8.48. The highest BCUT2D eigenvalue weighted by atomic mass is 19.4. The molecule has 1 unspecified atom stereocenters. The number of methoxy groups -OCH3 is 1. The number of aliphatic imine (C=N–C) groups is 1. The molecule has 0 bridgehead atoms. The van der Waals surface area contributed by atoms with Crippen LogP contribution in [0.1, 0.15) is 6.42 Å². The predicted molar refractivity (Wildman–Crippen MR) is 33.5 cm³/mol. The van der Waals surface area contributed by atoms with Gasteiger partial charge in [0.2, 0.25) is 0 Å². The number of rotatable bonds is 0. The molecule has 5 heteroatoms. The van der Waals surface area contributed by atoms with Gasteiger partial charge in [0.15, 0.2) is 5.90 Å². The van der Waals surface area contributed by atoms with Crippen LogP contribution < -0.4 is 0 Å². The molecule has 1 atom stereocenters. The lowest BCUT2D eigenvalue weighted by Gasteiger charge is -2.11. The second-order valence-electron chi connectivity index (χ2n) is 2.38. The number of alkyl halides is 3. The minimum absolute atomic E-state index is 0.111. The lowest BCUT2D eigenvalue weighted by molar-refractivity contribution is -0.168. The predicted octanol–water partition coefficient (Wildman–Crippen LogP) is 1.61. The van der Waals surface area contributed by atoms with E-state index in [4.69, 9.17) is 0 Å². The largest absolute Gasteiger partial charge is 0.484 e. The highest BCUT2D eigenvalue weighted by molar-refractivity contribution is 5.78. The van der Waals surface area contributed by atoms with Gasteiger partial charge in [-0.05, 0) is 0 Å². The molecule has 0 amide bonds. The lowest BCUT2D eigenvalue weighted by atomic mass is 10.1. The molecule has 0 spiro atoms. The van der Waals surface area contributed by atoms with Gasteiger partial charge in [0.05, 0.1) is 19.6 Å². The number of hydrogen-bond donors (Lipinski definition) is 0. The molecule has 2 nitrogen and oxygen atoms in total. The third-order valence-electron chi connectivity index (χ3n) is 1.61. The van der Waals surface area contributed by atoms with Crippen molar-refractivity contribution in [3.05, 3.63) is 0 Å². The lowest BCUT2D eigenvalue weighted by Crippen LogP contribution is -2.23. The third kappa shape index (κ3) is 1.85. The Hall–Kier alpha value is -0.740. The summed E-state index contributed by atoms with van der Waals surface area (Å²) in [6.07, 6.45) is -4.25. The van der Waals surface area contributed by atoms with Gasteiger partial charge in [-0.25, -0.2) is 0 Å². The minimum Gasteiger partial charge on any atom is -0.484 e. The molecule has 64 valence electrons. The number of ether oxygens (including phenoxy) is 1. The Morgan fingerprint density at radius 1 is 1.55 bits per heavy atom. The van der Waals surface area contributed by atoms with Gasteiger partial charge in [0.1, 0.15) is 0 Å². The fourth-order valence-electron chi connectivity index (χ4n) is 0.919. The van der Waals surface area contributed by atoms with Crippen molar-refractivity contribution in [1.29, 1.82) is 0 Å². The van der Waals surface area contributed by atoms with E-state index in [0.717, 1.165) is 0 Å². The Morgan fingerprint density at radius 3 is 2.45 bits per heavy atom. The highest BCUT2D eigenvalue weighted by Crippen LogP contribution is 2.32. The number of hydrogen-bond acceptors (Lipinski definition) is 2. The fourth-order valence-corrected chi connectivity index (χ4v) is 0.919. The minimum atomic E-state index is -4.14. The molecular weight excluding hydrogens is 159 g/mol. The maximum absolute atomic E-state index is 11.9. The first-order valence-corrected chi connectivity index (χ1v) is 3.18. The van der Waals surface area contributed by atoms with E-state index in [1.165, 1.54) is 7.11 Å². The van der Waals surface area contributed by atoms with Crippen molar-refractivity contribution in [2.45, 2.75) is 12.6 Å². The SMILES string of the molecule is COC1=NCC(C(F)(F)F)C1. The molecule has 0 aliphatic carbocycles. The first-order valence-electron chi connectivity index (χ1n) is 3.18. The molecule has 0 N–H and O–H groups in total. The van der Waals surface area contributed by atoms with Gasteiger partial charge in [-0.2, -0.15) is 13.2 Å². The summed E-state index contributed by atoms with van der Waals surface area (Å²) in [7, 11) is 1.33. The van der Waals surface area contributed by atoms with Crippen LogP contribution in [0.2, 0.25) is 0 Å². The second kappa shape index (κ2) is 2.71. The zero-order valence-corrected chi connectivity index (χ0v) is 5.98. The van der Waals surface area contributed by atoms with Gasteiger partial charge in [0.25, 0.3) is 0 Å². The van der Waals surface area contributed by atoms with Crippen LogP contribution in [-0.4, -0.2) is 25.7 Å². The van der Waals surface area contributed by atoms with Gasteiger partial charge in [0, 0.05) is 6.42 Å². The van der Waals surface area contributed by atoms with Gasteiger partial charge in [-0.1, -0.05) is 0 Å². The maximum Gasteiger partial charge on any atom is 0.394 e. The molecule has 0 aromatic heterocycles. The van der Waals surface area contributed by atoms with Gasteiger partial charge >= 0.3 is 6.18 Å². The smallest absolute Gasteiger partial charge is 0.394 e. The van der Waals surface area contributed by atoms with E-state index < -0.39 is 12.1 Å². The third-order valence-corrected chi connectivity index (χ3v) is 1.61. The number of halogens is 3. The van der Waals surface area contributed by atoms with Crippen molar-refractivity contribution in [3.8, 4) is 0 Å². The van der Waals surface area contributed by atoms with Crippen molar-refractivity contribution < 1.29 is 17.9 Å². The van der Waals surface area contributed by atoms with E-state index in [1.807, 2.05) is 0 Å². The molecule has 0 radical (unpaired) electrons. The Kier molecular flexibility index (Phi) is 2.06. The van der Waals surface area contributed by atoms with Crippen LogP contribution >= 0.6 is 0 Å². The Balaban J connectivity index is 2.48. The van der Waals surface area contributed by atoms with E-state index in [-0.39, 0.29) is 18.9 Å². The quantitative estimate of drug-likeness (QED) is 0.537. The van der Waals surface area contributed by atoms with Crippen LogP contribution in [0.5, 0.6) is 0 Å². The fraction of sp³-hybridized carbons (Fsp3) is 0.833. The van der Waals surface area contributed by atoms with Crippen LogP contribution in [0.4, 0.5) is 13.2 Å². The summed E-state index contributed by atoms with van der Waals surface area (Å²) in [6, 6.07) is 0. The topological polar surface area (TPSA) is 21.6 Å². The molecule has 1 heterocycles. The highest BCUT2D eigenvalue weighted by Gasteiger charge is 2.42. The molecule has 11 heavy (non-hydrogen) atoms. The van der Waals surface area contributed by atoms with Gasteiger partial charge in [-0.3, -0.25) is 4.99 Å². The van der Waals surface area contributed by atoms with Crippen molar-refractivity contribution in [3.63, 3.8) is 0 Å². The monoisotopic (exact) mass is 167 g/mol. The van der Waals surface area contributed by atoms with Gasteiger partial charge < -0.3 is 4.74 Å². The summed E-state index contributed by atoms with van der Waals surface area (Å²) < 4.78 is 40.4. The van der Waals surface area contributed by atoms with Crippen molar-refractivity contribution in [2.24, 2.45) is 10.9 Å².